The zero-order valence-corrected chi connectivity index (χ0v) is 17.3. The highest BCUT2D eigenvalue weighted by atomic mass is 35.5. The quantitative estimate of drug-likeness (QED) is 0.776. The Kier molecular flexibility index (Phi) is 6.72. The van der Waals surface area contributed by atoms with Crippen LogP contribution < -0.4 is 5.32 Å². The molecular formula is C20H24ClN3O3S. The third-order valence-electron chi connectivity index (χ3n) is 4.87. The van der Waals surface area contributed by atoms with Gasteiger partial charge in [-0.05, 0) is 36.2 Å². The first kappa shape index (κ1) is 20.8. The second kappa shape index (κ2) is 9.05. The van der Waals surface area contributed by atoms with Gasteiger partial charge in [-0.25, -0.2) is 8.42 Å². The van der Waals surface area contributed by atoms with Gasteiger partial charge in [0.05, 0.1) is 11.4 Å². The summed E-state index contributed by atoms with van der Waals surface area (Å²) >= 11 is 5.92. The molecule has 1 N–H and O–H groups in total. The number of hydrogen-bond donors (Lipinski definition) is 1. The molecule has 0 atom stereocenters. The smallest absolute Gasteiger partial charge is 0.243 e. The van der Waals surface area contributed by atoms with E-state index in [0.29, 0.717) is 37.7 Å². The highest BCUT2D eigenvalue weighted by molar-refractivity contribution is 7.89. The number of nitrogens with one attached hydrogen (secondary N) is 1. The largest absolute Gasteiger partial charge is 0.351 e. The molecule has 1 aliphatic rings. The molecule has 1 fully saturated rings. The summed E-state index contributed by atoms with van der Waals surface area (Å²) in [5.74, 6) is -0.0607. The van der Waals surface area contributed by atoms with E-state index in [1.54, 1.807) is 18.2 Å². The lowest BCUT2D eigenvalue weighted by Gasteiger charge is -2.33. The molecule has 6 nitrogen and oxygen atoms in total. The van der Waals surface area contributed by atoms with Crippen molar-refractivity contribution in [3.8, 4) is 0 Å². The Morgan fingerprint density at radius 3 is 2.46 bits per heavy atom. The number of carbonyl (C=O) groups is 1. The van der Waals surface area contributed by atoms with E-state index >= 15 is 0 Å². The van der Waals surface area contributed by atoms with Gasteiger partial charge in [0.1, 0.15) is 0 Å². The monoisotopic (exact) mass is 421 g/mol. The highest BCUT2D eigenvalue weighted by Gasteiger charge is 2.29. The second-order valence-electron chi connectivity index (χ2n) is 6.84. The van der Waals surface area contributed by atoms with Crippen molar-refractivity contribution in [2.75, 3.05) is 32.7 Å². The Bertz CT molecular complexity index is 941. The average molecular weight is 422 g/mol. The van der Waals surface area contributed by atoms with Crippen molar-refractivity contribution in [3.05, 3.63) is 64.7 Å². The maximum Gasteiger partial charge on any atom is 0.243 e. The first-order valence-electron chi connectivity index (χ1n) is 9.15. The van der Waals surface area contributed by atoms with Gasteiger partial charge in [0.25, 0.3) is 0 Å². The molecule has 0 saturated carbocycles. The van der Waals surface area contributed by atoms with E-state index in [1.807, 2.05) is 36.1 Å². The number of amides is 1. The van der Waals surface area contributed by atoms with Crippen LogP contribution in [0.4, 0.5) is 0 Å². The fourth-order valence-corrected chi connectivity index (χ4v) is 4.89. The number of hydrogen-bond acceptors (Lipinski definition) is 4. The molecule has 1 amide bonds. The van der Waals surface area contributed by atoms with Crippen LogP contribution in [0, 0.1) is 6.92 Å². The normalized spacial score (nSPS) is 16.1. The summed E-state index contributed by atoms with van der Waals surface area (Å²) in [6.45, 7) is 4.49. The third kappa shape index (κ3) is 5.11. The Morgan fingerprint density at radius 2 is 1.79 bits per heavy atom. The lowest BCUT2D eigenvalue weighted by atomic mass is 10.1. The van der Waals surface area contributed by atoms with E-state index in [2.05, 4.69) is 5.32 Å². The first-order valence-corrected chi connectivity index (χ1v) is 11.0. The van der Waals surface area contributed by atoms with Crippen LogP contribution in [0.1, 0.15) is 11.1 Å². The van der Waals surface area contributed by atoms with Gasteiger partial charge in [-0.3, -0.25) is 9.69 Å². The number of halogens is 1. The molecule has 0 radical (unpaired) electrons. The minimum absolute atomic E-state index is 0.0607. The second-order valence-corrected chi connectivity index (χ2v) is 9.22. The van der Waals surface area contributed by atoms with Gasteiger partial charge in [-0.1, -0.05) is 41.9 Å². The van der Waals surface area contributed by atoms with E-state index in [9.17, 15) is 13.2 Å². The van der Waals surface area contributed by atoms with Gasteiger partial charge in [0.15, 0.2) is 0 Å². The first-order chi connectivity index (χ1) is 13.4. The van der Waals surface area contributed by atoms with Gasteiger partial charge in [-0.2, -0.15) is 4.31 Å². The van der Waals surface area contributed by atoms with Gasteiger partial charge < -0.3 is 5.32 Å². The molecule has 1 saturated heterocycles. The molecule has 8 heteroatoms. The number of sulfonamides is 1. The summed E-state index contributed by atoms with van der Waals surface area (Å²) in [4.78, 5) is 14.4. The molecule has 0 spiro atoms. The maximum atomic E-state index is 12.7. The topological polar surface area (TPSA) is 69.7 Å². The number of rotatable bonds is 6. The molecule has 28 heavy (non-hydrogen) atoms. The number of piperazine rings is 1. The van der Waals surface area contributed by atoms with E-state index in [0.717, 1.165) is 11.1 Å². The van der Waals surface area contributed by atoms with Crippen LogP contribution in [-0.2, 0) is 21.4 Å². The Morgan fingerprint density at radius 1 is 1.07 bits per heavy atom. The third-order valence-corrected chi connectivity index (χ3v) is 7.00. The van der Waals surface area contributed by atoms with Gasteiger partial charge >= 0.3 is 0 Å². The molecule has 1 heterocycles. The predicted molar refractivity (Wildman–Crippen MR) is 110 cm³/mol. The SMILES string of the molecule is Cc1ccccc1CNC(=O)CN1CCN(S(=O)(=O)c2cccc(Cl)c2)CC1. The van der Waals surface area contributed by atoms with Crippen molar-refractivity contribution in [3.63, 3.8) is 0 Å². The molecule has 0 aliphatic carbocycles. The summed E-state index contributed by atoms with van der Waals surface area (Å²) in [5, 5.41) is 3.33. The molecule has 2 aromatic rings. The molecule has 150 valence electrons. The molecule has 1 aliphatic heterocycles. The standard InChI is InChI=1S/C20H24ClN3O3S/c1-16-5-2-3-6-17(16)14-22-20(25)15-23-9-11-24(12-10-23)28(26,27)19-8-4-7-18(21)13-19/h2-8,13H,9-12,14-15H2,1H3,(H,22,25). The summed E-state index contributed by atoms with van der Waals surface area (Å²) in [5.41, 5.74) is 2.23. The van der Waals surface area contributed by atoms with E-state index < -0.39 is 10.0 Å². The van der Waals surface area contributed by atoms with Crippen LogP contribution in [-0.4, -0.2) is 56.3 Å². The zero-order chi connectivity index (χ0) is 20.1. The van der Waals surface area contributed by atoms with E-state index in [1.165, 1.54) is 10.4 Å². The summed E-state index contributed by atoms with van der Waals surface area (Å²) < 4.78 is 26.9. The molecule has 0 unspecified atom stereocenters. The number of carbonyl (C=O) groups excluding carboxylic acids is 1. The Hall–Kier alpha value is -1.93. The molecule has 2 aromatic carbocycles. The fourth-order valence-electron chi connectivity index (χ4n) is 3.17. The number of benzene rings is 2. The van der Waals surface area contributed by atoms with Crippen LogP contribution in [0.25, 0.3) is 0 Å². The van der Waals surface area contributed by atoms with Gasteiger partial charge in [0.2, 0.25) is 15.9 Å². The number of aryl methyl sites for hydroxylation is 1. The van der Waals surface area contributed by atoms with E-state index in [-0.39, 0.29) is 17.3 Å². The van der Waals surface area contributed by atoms with Crippen molar-refractivity contribution in [2.45, 2.75) is 18.4 Å². The maximum absolute atomic E-state index is 12.7. The van der Waals surface area contributed by atoms with Crippen LogP contribution in [0.2, 0.25) is 5.02 Å². The lowest BCUT2D eigenvalue weighted by Crippen LogP contribution is -2.50. The summed E-state index contributed by atoms with van der Waals surface area (Å²) in [6.07, 6.45) is 0. The van der Waals surface area contributed by atoms with Crippen molar-refractivity contribution in [2.24, 2.45) is 0 Å². The Labute approximate surface area is 171 Å². The molecule has 0 bridgehead atoms. The molecule has 0 aromatic heterocycles. The van der Waals surface area contributed by atoms with Crippen LogP contribution >= 0.6 is 11.6 Å². The summed E-state index contributed by atoms with van der Waals surface area (Å²) in [6, 6.07) is 14.2. The van der Waals surface area contributed by atoms with Crippen molar-refractivity contribution in [1.29, 1.82) is 0 Å². The minimum atomic E-state index is -3.57. The predicted octanol–water partition coefficient (Wildman–Crippen LogP) is 2.27. The van der Waals surface area contributed by atoms with Gasteiger partial charge in [-0.15, -0.1) is 0 Å². The average Bonchev–Trinajstić information content (AvgIpc) is 2.68. The fraction of sp³-hybridized carbons (Fsp3) is 0.350. The van der Waals surface area contributed by atoms with Crippen LogP contribution in [0.15, 0.2) is 53.4 Å². The van der Waals surface area contributed by atoms with Crippen LogP contribution in [0.3, 0.4) is 0 Å². The lowest BCUT2D eigenvalue weighted by molar-refractivity contribution is -0.122. The van der Waals surface area contributed by atoms with Gasteiger partial charge in [0, 0.05) is 37.7 Å². The minimum Gasteiger partial charge on any atom is -0.351 e. The Balaban J connectivity index is 1.50. The molecular weight excluding hydrogens is 398 g/mol. The highest BCUT2D eigenvalue weighted by Crippen LogP contribution is 2.20. The van der Waals surface area contributed by atoms with Crippen molar-refractivity contribution >= 4 is 27.5 Å². The van der Waals surface area contributed by atoms with Crippen molar-refractivity contribution in [1.82, 2.24) is 14.5 Å². The van der Waals surface area contributed by atoms with Crippen molar-refractivity contribution < 1.29 is 13.2 Å². The number of nitrogens with zero attached hydrogens (tertiary/aromatic N) is 2. The zero-order valence-electron chi connectivity index (χ0n) is 15.8. The van der Waals surface area contributed by atoms with E-state index in [4.69, 9.17) is 11.6 Å². The van der Waals surface area contributed by atoms with Crippen LogP contribution in [0.5, 0.6) is 0 Å². The summed E-state index contributed by atoms with van der Waals surface area (Å²) in [7, 11) is -3.57. The molecule has 3 rings (SSSR count).